The van der Waals surface area contributed by atoms with Crippen LogP contribution in [0.3, 0.4) is 0 Å². The van der Waals surface area contributed by atoms with Crippen molar-refractivity contribution < 1.29 is 13.9 Å². The Labute approximate surface area is 160 Å². The van der Waals surface area contributed by atoms with Gasteiger partial charge in [-0.1, -0.05) is 12.1 Å². The van der Waals surface area contributed by atoms with Crippen molar-refractivity contribution in [1.29, 1.82) is 0 Å². The van der Waals surface area contributed by atoms with Crippen LogP contribution in [0.25, 0.3) is 10.9 Å². The first-order valence-electron chi connectivity index (χ1n) is 9.05. The third-order valence-electron chi connectivity index (χ3n) is 4.62. The second kappa shape index (κ2) is 7.77. The van der Waals surface area contributed by atoms with Crippen molar-refractivity contribution >= 4 is 28.4 Å². The zero-order valence-corrected chi connectivity index (χ0v) is 15.0. The van der Waals surface area contributed by atoms with Crippen molar-refractivity contribution in [1.82, 2.24) is 9.55 Å². The number of rotatable bonds is 4. The Kier molecular flexibility index (Phi) is 5.03. The normalized spacial score (nSPS) is 16.2. The highest BCUT2D eigenvalue weighted by Crippen LogP contribution is 2.22. The van der Waals surface area contributed by atoms with Crippen LogP contribution in [0.2, 0.25) is 0 Å². The molecule has 8 heteroatoms. The summed E-state index contributed by atoms with van der Waals surface area (Å²) in [7, 11) is 0. The van der Waals surface area contributed by atoms with Gasteiger partial charge in [0.1, 0.15) is 11.6 Å². The topological polar surface area (TPSA) is 85.3 Å². The highest BCUT2D eigenvalue weighted by atomic mass is 19.1. The molecule has 144 valence electrons. The van der Waals surface area contributed by atoms with Gasteiger partial charge < -0.3 is 10.1 Å². The zero-order chi connectivity index (χ0) is 19.5. The lowest BCUT2D eigenvalue weighted by Gasteiger charge is -2.18. The van der Waals surface area contributed by atoms with Crippen LogP contribution >= 0.6 is 0 Å². The molecule has 0 unspecified atom stereocenters. The van der Waals surface area contributed by atoms with Gasteiger partial charge in [-0.15, -0.1) is 0 Å². The van der Waals surface area contributed by atoms with Crippen LogP contribution in [0.15, 0.2) is 53.3 Å². The number of fused-ring (bicyclic) bond motifs is 1. The number of nitrogens with one attached hydrogen (secondary N) is 2. The van der Waals surface area contributed by atoms with Gasteiger partial charge >= 0.3 is 11.7 Å². The van der Waals surface area contributed by atoms with Crippen LogP contribution < -0.4 is 16.3 Å². The second-order valence-electron chi connectivity index (χ2n) is 6.59. The molecule has 1 saturated heterocycles. The van der Waals surface area contributed by atoms with Crippen molar-refractivity contribution in [3.8, 4) is 0 Å². The van der Waals surface area contributed by atoms with Crippen molar-refractivity contribution in [3.63, 3.8) is 0 Å². The monoisotopic (exact) mass is 382 g/mol. The van der Waals surface area contributed by atoms with Crippen molar-refractivity contribution in [3.05, 3.63) is 64.8 Å². The van der Waals surface area contributed by atoms with E-state index in [4.69, 9.17) is 4.74 Å². The Hall–Kier alpha value is -3.26. The Morgan fingerprint density at radius 1 is 1.18 bits per heavy atom. The fourth-order valence-electron chi connectivity index (χ4n) is 3.28. The molecule has 0 bridgehead atoms. The Morgan fingerprint density at radius 3 is 2.71 bits per heavy atom. The maximum Gasteiger partial charge on any atom is 0.349 e. The molecule has 1 fully saturated rings. The number of halogens is 1. The van der Waals surface area contributed by atoms with Gasteiger partial charge in [0, 0.05) is 17.7 Å². The number of amides is 2. The lowest BCUT2D eigenvalue weighted by molar-refractivity contribution is 0.0964. The predicted octanol–water partition coefficient (Wildman–Crippen LogP) is 3.36. The molecule has 1 aliphatic heterocycles. The Balaban J connectivity index is 1.67. The molecule has 0 spiro atoms. The van der Waals surface area contributed by atoms with Gasteiger partial charge in [0.05, 0.1) is 18.2 Å². The van der Waals surface area contributed by atoms with Crippen LogP contribution in [-0.2, 0) is 11.3 Å². The SMILES string of the molecule is O=C(Nc1ccc(F)cc1)Nc1c2ccccc2nc(=O)n1C[C@@H]1CCCO1. The second-order valence-corrected chi connectivity index (χ2v) is 6.59. The number of urea groups is 1. The number of hydrogen-bond acceptors (Lipinski definition) is 4. The molecule has 2 amide bonds. The number of hydrogen-bond donors (Lipinski definition) is 2. The molecule has 1 atom stereocenters. The van der Waals surface area contributed by atoms with E-state index in [1.165, 1.54) is 28.8 Å². The summed E-state index contributed by atoms with van der Waals surface area (Å²) in [4.78, 5) is 29.2. The van der Waals surface area contributed by atoms with Crippen molar-refractivity contribution in [2.75, 3.05) is 17.2 Å². The number of ether oxygens (including phenoxy) is 1. The van der Waals surface area contributed by atoms with Crippen LogP contribution in [0.4, 0.5) is 20.7 Å². The molecule has 4 rings (SSSR count). The van der Waals surface area contributed by atoms with E-state index in [2.05, 4.69) is 15.6 Å². The molecule has 3 aromatic rings. The summed E-state index contributed by atoms with van der Waals surface area (Å²) in [5.41, 5.74) is 0.477. The van der Waals surface area contributed by atoms with Crippen molar-refractivity contribution in [2.45, 2.75) is 25.5 Å². The molecule has 2 aromatic carbocycles. The third-order valence-corrected chi connectivity index (χ3v) is 4.62. The number of carbonyl (C=O) groups is 1. The van der Waals surface area contributed by atoms with E-state index >= 15 is 0 Å². The molecule has 0 aliphatic carbocycles. The predicted molar refractivity (Wildman–Crippen MR) is 104 cm³/mol. The smallest absolute Gasteiger partial charge is 0.349 e. The summed E-state index contributed by atoms with van der Waals surface area (Å²) in [6, 6.07) is 12.0. The largest absolute Gasteiger partial charge is 0.376 e. The maximum atomic E-state index is 13.1. The molecule has 1 aliphatic rings. The molecule has 7 nitrogen and oxygen atoms in total. The van der Waals surface area contributed by atoms with Crippen LogP contribution in [-0.4, -0.2) is 28.3 Å². The van der Waals surface area contributed by atoms with Gasteiger partial charge in [0.15, 0.2) is 0 Å². The Morgan fingerprint density at radius 2 is 1.96 bits per heavy atom. The van der Waals surface area contributed by atoms with E-state index in [0.717, 1.165) is 12.8 Å². The average molecular weight is 382 g/mol. The molecule has 0 saturated carbocycles. The van der Waals surface area contributed by atoms with E-state index in [0.29, 0.717) is 35.6 Å². The number of anilines is 2. The fourth-order valence-corrected chi connectivity index (χ4v) is 3.28. The van der Waals surface area contributed by atoms with Gasteiger partial charge in [-0.05, 0) is 49.2 Å². The van der Waals surface area contributed by atoms with Gasteiger partial charge in [-0.2, -0.15) is 4.98 Å². The minimum Gasteiger partial charge on any atom is -0.376 e. The minimum atomic E-state index is -0.538. The standard InChI is InChI=1S/C20H19FN4O3/c21-13-7-9-14(10-8-13)22-19(26)24-18-16-5-1-2-6-17(16)23-20(27)25(18)12-15-4-3-11-28-15/h1-2,5-10,15H,3-4,11-12H2,(H2,22,24,26)/t15-/m0/s1. The number of para-hydroxylation sites is 1. The van der Waals surface area contributed by atoms with Crippen LogP contribution in [0, 0.1) is 5.82 Å². The third kappa shape index (κ3) is 3.86. The molecular formula is C20H19FN4O3. The Bertz CT molecular complexity index is 1060. The van der Waals surface area contributed by atoms with Gasteiger partial charge in [0.2, 0.25) is 0 Å². The number of aromatic nitrogens is 2. The molecule has 1 aromatic heterocycles. The molecule has 0 radical (unpaired) electrons. The fraction of sp³-hybridized carbons (Fsp3) is 0.250. The number of carbonyl (C=O) groups excluding carboxylic acids is 1. The quantitative estimate of drug-likeness (QED) is 0.725. The first-order chi connectivity index (χ1) is 13.6. The highest BCUT2D eigenvalue weighted by Gasteiger charge is 2.21. The molecular weight excluding hydrogens is 363 g/mol. The van der Waals surface area contributed by atoms with E-state index in [1.54, 1.807) is 18.2 Å². The summed E-state index contributed by atoms with van der Waals surface area (Å²) in [6.07, 6.45) is 1.69. The van der Waals surface area contributed by atoms with Crippen LogP contribution in [0.5, 0.6) is 0 Å². The van der Waals surface area contributed by atoms with E-state index in [-0.39, 0.29) is 6.10 Å². The summed E-state index contributed by atoms with van der Waals surface area (Å²) in [5.74, 6) is -0.0396. The van der Waals surface area contributed by atoms with E-state index in [9.17, 15) is 14.0 Å². The summed E-state index contributed by atoms with van der Waals surface area (Å²) in [6.45, 7) is 0.969. The van der Waals surface area contributed by atoms with Gasteiger partial charge in [-0.25, -0.2) is 14.0 Å². The number of benzene rings is 2. The molecule has 2 N–H and O–H groups in total. The number of nitrogens with zero attached hydrogens (tertiary/aromatic N) is 2. The molecule has 2 heterocycles. The van der Waals surface area contributed by atoms with Crippen molar-refractivity contribution in [2.24, 2.45) is 0 Å². The van der Waals surface area contributed by atoms with E-state index < -0.39 is 17.5 Å². The highest BCUT2D eigenvalue weighted by molar-refractivity contribution is 6.04. The molecule has 28 heavy (non-hydrogen) atoms. The van der Waals surface area contributed by atoms with Crippen LogP contribution in [0.1, 0.15) is 12.8 Å². The summed E-state index contributed by atoms with van der Waals surface area (Å²) >= 11 is 0. The lowest BCUT2D eigenvalue weighted by Crippen LogP contribution is -2.33. The first-order valence-corrected chi connectivity index (χ1v) is 9.05. The zero-order valence-electron chi connectivity index (χ0n) is 15.0. The summed E-state index contributed by atoms with van der Waals surface area (Å²) in [5, 5.41) is 6.04. The lowest BCUT2D eigenvalue weighted by atomic mass is 10.2. The van der Waals surface area contributed by atoms with Gasteiger partial charge in [-0.3, -0.25) is 9.88 Å². The first kappa shape index (κ1) is 18.1. The average Bonchev–Trinajstić information content (AvgIpc) is 3.19. The summed E-state index contributed by atoms with van der Waals surface area (Å²) < 4.78 is 20.1. The minimum absolute atomic E-state index is 0.0960. The van der Waals surface area contributed by atoms with E-state index in [1.807, 2.05) is 6.07 Å². The maximum absolute atomic E-state index is 13.1. The van der Waals surface area contributed by atoms with Gasteiger partial charge in [0.25, 0.3) is 0 Å².